The Hall–Kier alpha value is -1.79. The molecule has 1 unspecified atom stereocenters. The van der Waals surface area contributed by atoms with Crippen molar-refractivity contribution >= 4 is 23.5 Å². The van der Waals surface area contributed by atoms with Crippen molar-refractivity contribution in [3.63, 3.8) is 0 Å². The fourth-order valence-electron chi connectivity index (χ4n) is 2.13. The van der Waals surface area contributed by atoms with Crippen molar-refractivity contribution in [2.75, 3.05) is 26.3 Å². The van der Waals surface area contributed by atoms with E-state index in [0.29, 0.717) is 36.8 Å². The number of ether oxygens (including phenoxy) is 2. The van der Waals surface area contributed by atoms with Gasteiger partial charge in [-0.15, -0.1) is 0 Å². The topological polar surface area (TPSA) is 76.1 Å². The Morgan fingerprint density at radius 3 is 2.77 bits per heavy atom. The highest BCUT2D eigenvalue weighted by Gasteiger charge is 2.28. The van der Waals surface area contributed by atoms with Gasteiger partial charge in [-0.05, 0) is 30.7 Å². The van der Waals surface area contributed by atoms with Crippen LogP contribution in [-0.2, 0) is 14.3 Å². The van der Waals surface area contributed by atoms with Crippen molar-refractivity contribution in [1.82, 2.24) is 4.90 Å². The third-order valence-corrected chi connectivity index (χ3v) is 3.56. The largest absolute Gasteiger partial charge is 0.494 e. The summed E-state index contributed by atoms with van der Waals surface area (Å²) in [6.45, 7) is 1.21. The van der Waals surface area contributed by atoms with Gasteiger partial charge in [0.2, 0.25) is 5.91 Å². The third-order valence-electron chi connectivity index (χ3n) is 3.31. The minimum absolute atomic E-state index is 0.0748. The highest BCUT2D eigenvalue weighted by atomic mass is 35.5. The molecule has 1 heterocycles. The monoisotopic (exact) mass is 327 g/mol. The second kappa shape index (κ2) is 8.00. The number of aliphatic carboxylic acids is 1. The van der Waals surface area contributed by atoms with Gasteiger partial charge in [-0.2, -0.15) is 0 Å². The lowest BCUT2D eigenvalue weighted by Crippen LogP contribution is -2.48. The van der Waals surface area contributed by atoms with Crippen LogP contribution in [0, 0.1) is 0 Å². The molecular weight excluding hydrogens is 310 g/mol. The van der Waals surface area contributed by atoms with Gasteiger partial charge in [-0.25, -0.2) is 4.79 Å². The Morgan fingerprint density at radius 2 is 2.09 bits per heavy atom. The molecule has 1 atom stereocenters. The van der Waals surface area contributed by atoms with Gasteiger partial charge in [0.25, 0.3) is 0 Å². The number of hydrogen-bond donors (Lipinski definition) is 1. The molecule has 1 aliphatic rings. The molecule has 1 aromatic rings. The average Bonchev–Trinajstić information content (AvgIpc) is 2.53. The lowest BCUT2D eigenvalue weighted by molar-refractivity contribution is -0.159. The number of halogens is 1. The van der Waals surface area contributed by atoms with Crippen LogP contribution in [0.1, 0.15) is 12.8 Å². The molecular formula is C15H18ClNO5. The standard InChI is InChI=1S/C15H18ClNO5/c16-11-3-5-12(6-4-11)21-8-1-2-14(18)17-7-9-22-13(10-17)15(19)20/h3-6,13H,1-2,7-10H2,(H,19,20). The molecule has 1 fully saturated rings. The van der Waals surface area contributed by atoms with Gasteiger partial charge in [0.05, 0.1) is 19.8 Å². The molecule has 120 valence electrons. The van der Waals surface area contributed by atoms with Crippen LogP contribution >= 0.6 is 11.6 Å². The summed E-state index contributed by atoms with van der Waals surface area (Å²) in [5.41, 5.74) is 0. The van der Waals surface area contributed by atoms with Crippen molar-refractivity contribution in [2.24, 2.45) is 0 Å². The first-order chi connectivity index (χ1) is 10.6. The second-order valence-electron chi connectivity index (χ2n) is 4.94. The Morgan fingerprint density at radius 1 is 1.36 bits per heavy atom. The van der Waals surface area contributed by atoms with Crippen LogP contribution in [0.5, 0.6) is 5.75 Å². The van der Waals surface area contributed by atoms with Gasteiger partial charge in [0.15, 0.2) is 6.10 Å². The molecule has 1 N–H and O–H groups in total. The Labute approximate surface area is 133 Å². The number of carbonyl (C=O) groups is 2. The summed E-state index contributed by atoms with van der Waals surface area (Å²) in [5, 5.41) is 9.55. The quantitative estimate of drug-likeness (QED) is 0.806. The van der Waals surface area contributed by atoms with E-state index in [-0.39, 0.29) is 19.1 Å². The number of morpholine rings is 1. The molecule has 1 aromatic carbocycles. The first-order valence-corrected chi connectivity index (χ1v) is 7.44. The third kappa shape index (κ3) is 4.89. The fraction of sp³-hybridized carbons (Fsp3) is 0.467. The number of nitrogens with zero attached hydrogens (tertiary/aromatic N) is 1. The molecule has 0 bridgehead atoms. The number of carboxylic acid groups (broad SMARTS) is 1. The number of carboxylic acids is 1. The Kier molecular flexibility index (Phi) is 6.03. The summed E-state index contributed by atoms with van der Waals surface area (Å²) >= 11 is 5.78. The van der Waals surface area contributed by atoms with Crippen LogP contribution in [-0.4, -0.2) is 54.3 Å². The highest BCUT2D eigenvalue weighted by molar-refractivity contribution is 6.30. The number of hydrogen-bond acceptors (Lipinski definition) is 4. The van der Waals surface area contributed by atoms with Gasteiger partial charge in [0.1, 0.15) is 5.75 Å². The Bertz CT molecular complexity index is 519. The summed E-state index contributed by atoms with van der Waals surface area (Å²) in [6, 6.07) is 7.01. The van der Waals surface area contributed by atoms with Gasteiger partial charge in [-0.1, -0.05) is 11.6 Å². The summed E-state index contributed by atoms with van der Waals surface area (Å²) in [7, 11) is 0. The van der Waals surface area contributed by atoms with E-state index in [1.165, 1.54) is 4.90 Å². The van der Waals surface area contributed by atoms with E-state index in [0.717, 1.165) is 0 Å². The van der Waals surface area contributed by atoms with Crippen LogP contribution < -0.4 is 4.74 Å². The van der Waals surface area contributed by atoms with E-state index in [1.54, 1.807) is 24.3 Å². The molecule has 7 heteroatoms. The molecule has 2 rings (SSSR count). The molecule has 1 saturated heterocycles. The highest BCUT2D eigenvalue weighted by Crippen LogP contribution is 2.16. The van der Waals surface area contributed by atoms with E-state index in [9.17, 15) is 9.59 Å². The number of amides is 1. The maximum atomic E-state index is 12.0. The van der Waals surface area contributed by atoms with E-state index >= 15 is 0 Å². The van der Waals surface area contributed by atoms with E-state index < -0.39 is 12.1 Å². The summed E-state index contributed by atoms with van der Waals surface area (Å²) in [4.78, 5) is 24.4. The van der Waals surface area contributed by atoms with Crippen molar-refractivity contribution in [1.29, 1.82) is 0 Å². The smallest absolute Gasteiger partial charge is 0.334 e. The molecule has 0 spiro atoms. The first-order valence-electron chi connectivity index (χ1n) is 7.07. The fourth-order valence-corrected chi connectivity index (χ4v) is 2.25. The minimum Gasteiger partial charge on any atom is -0.494 e. The van der Waals surface area contributed by atoms with Crippen molar-refractivity contribution in [3.05, 3.63) is 29.3 Å². The van der Waals surface area contributed by atoms with Gasteiger partial charge >= 0.3 is 5.97 Å². The summed E-state index contributed by atoms with van der Waals surface area (Å²) in [6.07, 6.45) is -0.0424. The molecule has 6 nitrogen and oxygen atoms in total. The van der Waals surface area contributed by atoms with Gasteiger partial charge in [0, 0.05) is 18.0 Å². The SMILES string of the molecule is O=C(O)C1CN(C(=O)CCCOc2ccc(Cl)cc2)CCO1. The normalized spacial score (nSPS) is 18.0. The lowest BCUT2D eigenvalue weighted by atomic mass is 10.2. The average molecular weight is 328 g/mol. The number of benzene rings is 1. The number of carbonyl (C=O) groups excluding carboxylic acids is 1. The zero-order valence-electron chi connectivity index (χ0n) is 12.0. The van der Waals surface area contributed by atoms with Crippen molar-refractivity contribution < 1.29 is 24.2 Å². The van der Waals surface area contributed by atoms with Crippen LogP contribution in [0.3, 0.4) is 0 Å². The molecule has 0 aliphatic carbocycles. The Balaban J connectivity index is 1.69. The predicted octanol–water partition coefficient (Wildman–Crippen LogP) is 1.81. The zero-order chi connectivity index (χ0) is 15.9. The zero-order valence-corrected chi connectivity index (χ0v) is 12.8. The molecule has 1 aliphatic heterocycles. The van der Waals surface area contributed by atoms with Crippen LogP contribution in [0.2, 0.25) is 5.02 Å². The van der Waals surface area contributed by atoms with Gasteiger partial charge in [-0.3, -0.25) is 4.79 Å². The minimum atomic E-state index is -1.04. The predicted molar refractivity (Wildman–Crippen MR) is 80.1 cm³/mol. The first kappa shape index (κ1) is 16.6. The summed E-state index contributed by atoms with van der Waals surface area (Å²) < 4.78 is 10.6. The van der Waals surface area contributed by atoms with Gasteiger partial charge < -0.3 is 19.5 Å². The molecule has 1 amide bonds. The molecule has 0 aromatic heterocycles. The maximum Gasteiger partial charge on any atom is 0.334 e. The second-order valence-corrected chi connectivity index (χ2v) is 5.38. The van der Waals surface area contributed by atoms with Crippen molar-refractivity contribution in [2.45, 2.75) is 18.9 Å². The molecule has 0 saturated carbocycles. The number of rotatable bonds is 6. The van der Waals surface area contributed by atoms with Crippen LogP contribution in [0.25, 0.3) is 0 Å². The van der Waals surface area contributed by atoms with E-state index in [4.69, 9.17) is 26.2 Å². The van der Waals surface area contributed by atoms with Crippen molar-refractivity contribution in [3.8, 4) is 5.75 Å². The summed E-state index contributed by atoms with van der Waals surface area (Å²) in [5.74, 6) is -0.410. The van der Waals surface area contributed by atoms with E-state index in [1.807, 2.05) is 0 Å². The molecule has 0 radical (unpaired) electrons. The maximum absolute atomic E-state index is 12.0. The van der Waals surface area contributed by atoms with E-state index in [2.05, 4.69) is 0 Å². The lowest BCUT2D eigenvalue weighted by Gasteiger charge is -2.30. The van der Waals surface area contributed by atoms with Crippen LogP contribution in [0.4, 0.5) is 0 Å². The molecule has 22 heavy (non-hydrogen) atoms. The van der Waals surface area contributed by atoms with Crippen LogP contribution in [0.15, 0.2) is 24.3 Å².